The number of amides is 1. The molecule has 0 bridgehead atoms. The Hall–Kier alpha value is -1.36. The van der Waals surface area contributed by atoms with Crippen molar-refractivity contribution in [3.63, 3.8) is 0 Å². The molecule has 0 spiro atoms. The second-order valence-corrected chi connectivity index (χ2v) is 8.51. The Morgan fingerprint density at radius 2 is 1.96 bits per heavy atom. The predicted molar refractivity (Wildman–Crippen MR) is 101 cm³/mol. The molecule has 2 aliphatic rings. The first-order valence-corrected chi connectivity index (χ1v) is 10.5. The van der Waals surface area contributed by atoms with Crippen molar-refractivity contribution in [1.82, 2.24) is 0 Å². The molecule has 0 unspecified atom stereocenters. The van der Waals surface area contributed by atoms with Gasteiger partial charge in [0, 0.05) is 10.8 Å². The van der Waals surface area contributed by atoms with E-state index in [1.165, 1.54) is 31.2 Å². The fourth-order valence-electron chi connectivity index (χ4n) is 4.23. The molecule has 2 aliphatic carbocycles. The van der Waals surface area contributed by atoms with Gasteiger partial charge in [-0.2, -0.15) is 0 Å². The SMILES string of the molecule is CCCCC1CCC(C(=O)Nc2sc3c(c2C(=O)OC)CCC3)CC1. The lowest BCUT2D eigenvalue weighted by atomic mass is 9.79. The molecule has 0 aromatic carbocycles. The summed E-state index contributed by atoms with van der Waals surface area (Å²) in [6.07, 6.45) is 11.1. The lowest BCUT2D eigenvalue weighted by molar-refractivity contribution is -0.121. The molecule has 4 nitrogen and oxygen atoms in total. The Morgan fingerprint density at radius 3 is 2.64 bits per heavy atom. The van der Waals surface area contributed by atoms with Crippen molar-refractivity contribution in [1.29, 1.82) is 0 Å². The number of fused-ring (bicyclic) bond motifs is 1. The number of ether oxygens (including phenoxy) is 1. The van der Waals surface area contributed by atoms with Crippen LogP contribution in [0.15, 0.2) is 0 Å². The summed E-state index contributed by atoms with van der Waals surface area (Å²) in [5.74, 6) is 0.637. The number of hydrogen-bond acceptors (Lipinski definition) is 4. The van der Waals surface area contributed by atoms with E-state index in [2.05, 4.69) is 12.2 Å². The van der Waals surface area contributed by atoms with Crippen LogP contribution in [0.2, 0.25) is 0 Å². The van der Waals surface area contributed by atoms with Gasteiger partial charge in [0.2, 0.25) is 5.91 Å². The average Bonchev–Trinajstić information content (AvgIpc) is 3.20. The van der Waals surface area contributed by atoms with Crippen LogP contribution in [-0.4, -0.2) is 19.0 Å². The van der Waals surface area contributed by atoms with Crippen LogP contribution in [0.3, 0.4) is 0 Å². The topological polar surface area (TPSA) is 55.4 Å². The predicted octanol–water partition coefficient (Wildman–Crippen LogP) is 4.96. The summed E-state index contributed by atoms with van der Waals surface area (Å²) in [4.78, 5) is 26.1. The summed E-state index contributed by atoms with van der Waals surface area (Å²) in [6, 6.07) is 0. The van der Waals surface area contributed by atoms with Gasteiger partial charge >= 0.3 is 5.97 Å². The molecular weight excluding hydrogens is 334 g/mol. The number of unbranched alkanes of at least 4 members (excludes halogenated alkanes) is 1. The molecule has 1 fully saturated rings. The molecule has 0 atom stereocenters. The maximum Gasteiger partial charge on any atom is 0.341 e. The highest BCUT2D eigenvalue weighted by molar-refractivity contribution is 7.17. The zero-order chi connectivity index (χ0) is 17.8. The third-order valence-corrected chi connectivity index (χ3v) is 6.94. The fourth-order valence-corrected chi connectivity index (χ4v) is 5.51. The molecule has 25 heavy (non-hydrogen) atoms. The summed E-state index contributed by atoms with van der Waals surface area (Å²) >= 11 is 1.56. The fraction of sp³-hybridized carbons (Fsp3) is 0.700. The first kappa shape index (κ1) is 18.4. The van der Waals surface area contributed by atoms with E-state index in [0.29, 0.717) is 10.6 Å². The maximum atomic E-state index is 12.7. The van der Waals surface area contributed by atoms with E-state index >= 15 is 0 Å². The van der Waals surface area contributed by atoms with Gasteiger partial charge in [-0.15, -0.1) is 11.3 Å². The lowest BCUT2D eigenvalue weighted by Gasteiger charge is -2.27. The second-order valence-electron chi connectivity index (χ2n) is 7.40. The monoisotopic (exact) mass is 363 g/mol. The van der Waals surface area contributed by atoms with E-state index in [9.17, 15) is 9.59 Å². The average molecular weight is 364 g/mol. The normalized spacial score (nSPS) is 22.5. The zero-order valence-corrected chi connectivity index (χ0v) is 16.2. The molecule has 0 radical (unpaired) electrons. The van der Waals surface area contributed by atoms with Crippen LogP contribution < -0.4 is 5.32 Å². The molecule has 1 heterocycles. The molecule has 1 saturated carbocycles. The minimum absolute atomic E-state index is 0.0824. The molecule has 5 heteroatoms. The smallest absolute Gasteiger partial charge is 0.341 e. The van der Waals surface area contributed by atoms with Gasteiger partial charge in [-0.1, -0.05) is 26.2 Å². The molecule has 1 N–H and O–H groups in total. The molecule has 138 valence electrons. The third kappa shape index (κ3) is 4.08. The van der Waals surface area contributed by atoms with Crippen LogP contribution >= 0.6 is 11.3 Å². The number of carbonyl (C=O) groups excluding carboxylic acids is 2. The Labute approximate surface area is 154 Å². The van der Waals surface area contributed by atoms with Crippen molar-refractivity contribution < 1.29 is 14.3 Å². The third-order valence-electron chi connectivity index (χ3n) is 5.73. The number of rotatable bonds is 6. The van der Waals surface area contributed by atoms with Crippen molar-refractivity contribution in [3.8, 4) is 0 Å². The molecule has 1 amide bonds. The molecule has 0 aliphatic heterocycles. The number of carbonyl (C=O) groups is 2. The van der Waals surface area contributed by atoms with Gasteiger partial charge in [-0.3, -0.25) is 4.79 Å². The number of esters is 1. The van der Waals surface area contributed by atoms with Gasteiger partial charge in [0.25, 0.3) is 0 Å². The zero-order valence-electron chi connectivity index (χ0n) is 15.4. The molecule has 0 saturated heterocycles. The van der Waals surface area contributed by atoms with Crippen LogP contribution in [0, 0.1) is 11.8 Å². The Bertz CT molecular complexity index is 629. The highest BCUT2D eigenvalue weighted by Crippen LogP contribution is 2.40. The maximum absolute atomic E-state index is 12.7. The highest BCUT2D eigenvalue weighted by atomic mass is 32.1. The largest absolute Gasteiger partial charge is 0.465 e. The minimum atomic E-state index is -0.321. The van der Waals surface area contributed by atoms with E-state index in [0.717, 1.165) is 56.4 Å². The number of nitrogens with one attached hydrogen (secondary N) is 1. The van der Waals surface area contributed by atoms with Crippen molar-refractivity contribution >= 4 is 28.2 Å². The first-order valence-electron chi connectivity index (χ1n) is 9.67. The van der Waals surface area contributed by atoms with Gasteiger partial charge in [-0.25, -0.2) is 4.79 Å². The summed E-state index contributed by atoms with van der Waals surface area (Å²) in [5, 5.41) is 3.77. The molecule has 1 aromatic heterocycles. The molecular formula is C20H29NO3S. The summed E-state index contributed by atoms with van der Waals surface area (Å²) in [5.41, 5.74) is 1.69. The number of aryl methyl sites for hydroxylation is 1. The van der Waals surface area contributed by atoms with E-state index in [1.54, 1.807) is 11.3 Å². The van der Waals surface area contributed by atoms with E-state index in [-0.39, 0.29) is 17.8 Å². The minimum Gasteiger partial charge on any atom is -0.465 e. The van der Waals surface area contributed by atoms with Crippen LogP contribution in [-0.2, 0) is 22.4 Å². The van der Waals surface area contributed by atoms with Gasteiger partial charge in [0.15, 0.2) is 0 Å². The highest BCUT2D eigenvalue weighted by Gasteiger charge is 2.31. The van der Waals surface area contributed by atoms with Crippen LogP contribution in [0.5, 0.6) is 0 Å². The molecule has 3 rings (SSSR count). The lowest BCUT2D eigenvalue weighted by Crippen LogP contribution is -2.27. The van der Waals surface area contributed by atoms with Crippen molar-refractivity contribution in [2.24, 2.45) is 11.8 Å². The van der Waals surface area contributed by atoms with Gasteiger partial charge < -0.3 is 10.1 Å². The summed E-state index contributed by atoms with van der Waals surface area (Å²) in [7, 11) is 1.41. The van der Waals surface area contributed by atoms with Crippen molar-refractivity contribution in [2.75, 3.05) is 12.4 Å². The van der Waals surface area contributed by atoms with Crippen LogP contribution in [0.1, 0.15) is 79.1 Å². The van der Waals surface area contributed by atoms with Gasteiger partial charge in [0.1, 0.15) is 5.00 Å². The number of methoxy groups -OCH3 is 1. The van der Waals surface area contributed by atoms with Gasteiger partial charge in [0.05, 0.1) is 12.7 Å². The van der Waals surface area contributed by atoms with Crippen molar-refractivity contribution in [2.45, 2.75) is 71.1 Å². The first-order chi connectivity index (χ1) is 12.1. The second kappa shape index (κ2) is 8.35. The van der Waals surface area contributed by atoms with Crippen LogP contribution in [0.25, 0.3) is 0 Å². The van der Waals surface area contributed by atoms with Gasteiger partial charge in [-0.05, 0) is 56.4 Å². The van der Waals surface area contributed by atoms with Crippen LogP contribution in [0.4, 0.5) is 5.00 Å². The number of hydrogen-bond donors (Lipinski definition) is 1. The Kier molecular flexibility index (Phi) is 6.15. The Morgan fingerprint density at radius 1 is 1.20 bits per heavy atom. The standard InChI is InChI=1S/C20H29NO3S/c1-3-4-6-13-9-11-14(12-10-13)18(22)21-19-17(20(23)24-2)15-7-5-8-16(15)25-19/h13-14H,3-12H2,1-2H3,(H,21,22). The molecule has 1 aromatic rings. The Balaban J connectivity index is 1.63. The van der Waals surface area contributed by atoms with E-state index in [4.69, 9.17) is 4.74 Å². The van der Waals surface area contributed by atoms with E-state index in [1.807, 2.05) is 0 Å². The quantitative estimate of drug-likeness (QED) is 0.727. The van der Waals surface area contributed by atoms with E-state index < -0.39 is 0 Å². The van der Waals surface area contributed by atoms with Crippen molar-refractivity contribution in [3.05, 3.63) is 16.0 Å². The summed E-state index contributed by atoms with van der Waals surface area (Å²) < 4.78 is 4.96. The number of anilines is 1. The number of thiophene rings is 1. The summed E-state index contributed by atoms with van der Waals surface area (Å²) in [6.45, 7) is 2.23.